The van der Waals surface area contributed by atoms with Gasteiger partial charge in [0.1, 0.15) is 0 Å². The molecule has 1 saturated heterocycles. The summed E-state index contributed by atoms with van der Waals surface area (Å²) in [6, 6.07) is 17.4. The molecule has 0 atom stereocenters. The van der Waals surface area contributed by atoms with Gasteiger partial charge in [0.15, 0.2) is 0 Å². The van der Waals surface area contributed by atoms with Gasteiger partial charge in [-0.2, -0.15) is 0 Å². The number of thioether (sulfide) groups is 1. The number of benzene rings is 2. The molecule has 0 aliphatic carbocycles. The second kappa shape index (κ2) is 8.13. The third-order valence-corrected chi connectivity index (χ3v) is 6.58. The third-order valence-electron chi connectivity index (χ3n) is 5.23. The van der Waals surface area contributed by atoms with Crippen LogP contribution in [0.3, 0.4) is 0 Å². The van der Waals surface area contributed by atoms with Crippen LogP contribution in [0.15, 0.2) is 65.8 Å². The van der Waals surface area contributed by atoms with Crippen molar-refractivity contribution in [1.29, 1.82) is 0 Å². The van der Waals surface area contributed by atoms with Crippen LogP contribution in [0.2, 0.25) is 0 Å². The number of rotatable bonds is 4. The van der Waals surface area contributed by atoms with Gasteiger partial charge in [0.25, 0.3) is 0 Å². The van der Waals surface area contributed by atoms with Gasteiger partial charge in [-0.05, 0) is 53.6 Å². The molecule has 3 aromatic rings. The zero-order valence-corrected chi connectivity index (χ0v) is 16.4. The van der Waals surface area contributed by atoms with Crippen LogP contribution in [0.4, 0.5) is 0 Å². The maximum Gasteiger partial charge on any atom is 0.222 e. The largest absolute Gasteiger partial charge is 0.343 e. The second-order valence-electron chi connectivity index (χ2n) is 7.01. The number of aromatic nitrogens is 1. The number of hydrogen-bond acceptors (Lipinski definition) is 3. The fraction of sp³-hybridized carbons (Fsp3) is 0.304. The maximum absolute atomic E-state index is 11.8. The third kappa shape index (κ3) is 4.16. The molecule has 1 aliphatic rings. The summed E-state index contributed by atoms with van der Waals surface area (Å²) in [5.74, 6) is 0.286. The Balaban J connectivity index is 1.41. The van der Waals surface area contributed by atoms with E-state index in [1.54, 1.807) is 0 Å². The van der Waals surface area contributed by atoms with Crippen LogP contribution in [-0.4, -0.2) is 34.1 Å². The molecule has 4 heteroatoms. The zero-order valence-electron chi connectivity index (χ0n) is 15.6. The minimum Gasteiger partial charge on any atom is -0.343 e. The smallest absolute Gasteiger partial charge is 0.222 e. The number of carbonyl (C=O) groups is 1. The summed E-state index contributed by atoms with van der Waals surface area (Å²) in [4.78, 5) is 19.3. The lowest BCUT2D eigenvalue weighted by atomic mass is 10.0. The topological polar surface area (TPSA) is 33.2 Å². The summed E-state index contributed by atoms with van der Waals surface area (Å²) in [7, 11) is 0. The predicted octanol–water partition coefficient (Wildman–Crippen LogP) is 5.39. The number of piperidine rings is 1. The molecular formula is C23H24N2OS. The van der Waals surface area contributed by atoms with Crippen molar-refractivity contribution in [3.05, 3.63) is 60.9 Å². The van der Waals surface area contributed by atoms with Crippen LogP contribution < -0.4 is 0 Å². The molecule has 0 unspecified atom stereocenters. The van der Waals surface area contributed by atoms with Crippen molar-refractivity contribution in [2.24, 2.45) is 0 Å². The first-order chi connectivity index (χ1) is 13.2. The Morgan fingerprint density at radius 3 is 2.52 bits per heavy atom. The number of nitrogens with zero attached hydrogens (tertiary/aromatic N) is 2. The molecule has 3 nitrogen and oxygen atoms in total. The van der Waals surface area contributed by atoms with Crippen LogP contribution >= 0.6 is 11.8 Å². The number of amides is 1. The number of hydrogen-bond donors (Lipinski definition) is 0. The molecule has 1 aromatic heterocycles. The van der Waals surface area contributed by atoms with Crippen LogP contribution in [0.1, 0.15) is 26.2 Å². The number of pyridine rings is 1. The highest BCUT2D eigenvalue weighted by molar-refractivity contribution is 8.00. The summed E-state index contributed by atoms with van der Waals surface area (Å²) >= 11 is 1.95. The molecule has 138 valence electrons. The Labute approximate surface area is 164 Å². The highest BCUT2D eigenvalue weighted by atomic mass is 32.2. The van der Waals surface area contributed by atoms with Gasteiger partial charge in [-0.1, -0.05) is 31.2 Å². The van der Waals surface area contributed by atoms with Gasteiger partial charge in [-0.3, -0.25) is 9.78 Å². The van der Waals surface area contributed by atoms with Crippen molar-refractivity contribution in [3.63, 3.8) is 0 Å². The van der Waals surface area contributed by atoms with E-state index < -0.39 is 0 Å². The second-order valence-corrected chi connectivity index (χ2v) is 8.39. The van der Waals surface area contributed by atoms with E-state index in [1.165, 1.54) is 26.8 Å². The summed E-state index contributed by atoms with van der Waals surface area (Å²) in [5.41, 5.74) is 2.47. The molecule has 27 heavy (non-hydrogen) atoms. The monoisotopic (exact) mass is 376 g/mol. The molecule has 2 aromatic carbocycles. The molecule has 2 heterocycles. The Hall–Kier alpha value is -2.33. The molecule has 0 spiro atoms. The zero-order chi connectivity index (χ0) is 18.6. The van der Waals surface area contributed by atoms with Crippen molar-refractivity contribution < 1.29 is 4.79 Å². The first kappa shape index (κ1) is 18.1. The highest BCUT2D eigenvalue weighted by Crippen LogP contribution is 2.32. The molecular weight excluding hydrogens is 352 g/mol. The van der Waals surface area contributed by atoms with Crippen molar-refractivity contribution in [2.75, 3.05) is 13.1 Å². The fourth-order valence-corrected chi connectivity index (χ4v) is 4.75. The van der Waals surface area contributed by atoms with Gasteiger partial charge in [-0.15, -0.1) is 11.8 Å². The first-order valence-electron chi connectivity index (χ1n) is 9.61. The van der Waals surface area contributed by atoms with Gasteiger partial charge in [0, 0.05) is 47.4 Å². The summed E-state index contributed by atoms with van der Waals surface area (Å²) in [6.45, 7) is 3.74. The summed E-state index contributed by atoms with van der Waals surface area (Å²) in [6.07, 6.45) is 6.52. The Bertz CT molecular complexity index is 931. The molecule has 1 aliphatic heterocycles. The SMILES string of the molecule is CCC(=O)N1CCC(Sc2ccc(-c3ccc4cnccc4c3)cc2)CC1. The molecule has 0 saturated carbocycles. The van der Waals surface area contributed by atoms with E-state index in [0.717, 1.165) is 25.9 Å². The lowest BCUT2D eigenvalue weighted by Gasteiger charge is -2.31. The van der Waals surface area contributed by atoms with E-state index in [9.17, 15) is 4.79 Å². The van der Waals surface area contributed by atoms with E-state index in [1.807, 2.05) is 36.0 Å². The molecule has 0 bridgehead atoms. The summed E-state index contributed by atoms with van der Waals surface area (Å²) < 4.78 is 0. The van der Waals surface area contributed by atoms with Gasteiger partial charge in [0.05, 0.1) is 0 Å². The van der Waals surface area contributed by atoms with E-state index in [-0.39, 0.29) is 5.91 Å². The minimum atomic E-state index is 0.286. The molecule has 4 rings (SSSR count). The lowest BCUT2D eigenvalue weighted by molar-refractivity contribution is -0.131. The Morgan fingerprint density at radius 2 is 1.78 bits per heavy atom. The average molecular weight is 377 g/mol. The van der Waals surface area contributed by atoms with Crippen molar-refractivity contribution in [1.82, 2.24) is 9.88 Å². The molecule has 1 amide bonds. The van der Waals surface area contributed by atoms with E-state index in [0.29, 0.717) is 11.7 Å². The molecule has 0 N–H and O–H groups in total. The van der Waals surface area contributed by atoms with Crippen LogP contribution in [0.25, 0.3) is 21.9 Å². The summed E-state index contributed by atoms with van der Waals surface area (Å²) in [5, 5.41) is 2.99. The van der Waals surface area contributed by atoms with Crippen molar-refractivity contribution >= 4 is 28.4 Å². The van der Waals surface area contributed by atoms with E-state index in [2.05, 4.69) is 53.5 Å². The Kier molecular flexibility index (Phi) is 5.44. The average Bonchev–Trinajstić information content (AvgIpc) is 2.74. The quantitative estimate of drug-likeness (QED) is 0.612. The molecule has 1 fully saturated rings. The predicted molar refractivity (Wildman–Crippen MR) is 113 cm³/mol. The van der Waals surface area contributed by atoms with Crippen molar-refractivity contribution in [2.45, 2.75) is 36.3 Å². The number of fused-ring (bicyclic) bond motifs is 1. The standard InChI is InChI=1S/C23H24N2OS/c1-2-23(26)25-13-10-22(11-14-25)27-21-7-5-17(6-8-21)18-3-4-20-16-24-12-9-19(20)15-18/h3-9,12,15-16,22H,2,10-11,13-14H2,1H3. The number of carbonyl (C=O) groups excluding carboxylic acids is 1. The van der Waals surface area contributed by atoms with E-state index >= 15 is 0 Å². The molecule has 0 radical (unpaired) electrons. The van der Waals surface area contributed by atoms with Crippen LogP contribution in [0, 0.1) is 0 Å². The van der Waals surface area contributed by atoms with Crippen molar-refractivity contribution in [3.8, 4) is 11.1 Å². The van der Waals surface area contributed by atoms with Gasteiger partial charge >= 0.3 is 0 Å². The van der Waals surface area contributed by atoms with Crippen LogP contribution in [-0.2, 0) is 4.79 Å². The maximum atomic E-state index is 11.8. The van der Waals surface area contributed by atoms with Gasteiger partial charge in [-0.25, -0.2) is 0 Å². The van der Waals surface area contributed by atoms with Gasteiger partial charge in [0.2, 0.25) is 5.91 Å². The minimum absolute atomic E-state index is 0.286. The highest BCUT2D eigenvalue weighted by Gasteiger charge is 2.22. The van der Waals surface area contributed by atoms with Crippen LogP contribution in [0.5, 0.6) is 0 Å². The fourth-order valence-electron chi connectivity index (χ4n) is 3.63. The lowest BCUT2D eigenvalue weighted by Crippen LogP contribution is -2.38. The Morgan fingerprint density at radius 1 is 1.04 bits per heavy atom. The van der Waals surface area contributed by atoms with E-state index in [4.69, 9.17) is 0 Å². The number of likely N-dealkylation sites (tertiary alicyclic amines) is 1. The first-order valence-corrected chi connectivity index (χ1v) is 10.5. The normalized spacial score (nSPS) is 15.2. The van der Waals surface area contributed by atoms with Gasteiger partial charge < -0.3 is 4.90 Å².